The molecule has 0 bridgehead atoms. The number of nitrogens with zero attached hydrogens (tertiary/aromatic N) is 2. The van der Waals surface area contributed by atoms with Gasteiger partial charge in [-0.1, -0.05) is 0 Å². The van der Waals surface area contributed by atoms with E-state index < -0.39 is 4.92 Å². The molecular weight excluding hydrogens is 274 g/mol. The molecule has 0 saturated carbocycles. The van der Waals surface area contributed by atoms with Crippen molar-refractivity contribution in [3.63, 3.8) is 0 Å². The molecule has 1 aromatic carbocycles. The first-order valence-corrected chi connectivity index (χ1v) is 6.79. The van der Waals surface area contributed by atoms with E-state index in [1.165, 1.54) is 12.1 Å². The summed E-state index contributed by atoms with van der Waals surface area (Å²) in [5.74, 6) is 0.640. The fourth-order valence-corrected chi connectivity index (χ4v) is 1.73. The molecule has 0 amide bonds. The third-order valence-corrected chi connectivity index (χ3v) is 2.90. The normalized spacial score (nSPS) is 10.9. The van der Waals surface area contributed by atoms with Gasteiger partial charge in [-0.15, -0.1) is 0 Å². The molecule has 21 heavy (non-hydrogen) atoms. The van der Waals surface area contributed by atoms with Crippen LogP contribution in [0.3, 0.4) is 0 Å². The zero-order valence-corrected chi connectivity index (χ0v) is 12.8. The maximum atomic E-state index is 10.8. The van der Waals surface area contributed by atoms with Crippen molar-refractivity contribution in [2.24, 2.45) is 0 Å². The molecule has 0 radical (unpaired) electrons. The predicted octanol–water partition coefficient (Wildman–Crippen LogP) is 1.27. The first-order chi connectivity index (χ1) is 10.0. The number of hydrogen-bond acceptors (Lipinski definition) is 6. The Labute approximate surface area is 125 Å². The van der Waals surface area contributed by atoms with Crippen LogP contribution in [0.4, 0.5) is 5.69 Å². The number of ether oxygens (including phenoxy) is 2. The Bertz CT molecular complexity index is 452. The quantitative estimate of drug-likeness (QED) is 0.398. The molecule has 0 heterocycles. The third kappa shape index (κ3) is 6.52. The molecule has 1 rings (SSSR count). The van der Waals surface area contributed by atoms with Gasteiger partial charge in [0.25, 0.3) is 5.69 Å². The van der Waals surface area contributed by atoms with Crippen LogP contribution in [0.25, 0.3) is 0 Å². The van der Waals surface area contributed by atoms with E-state index in [1.807, 2.05) is 14.1 Å². The summed E-state index contributed by atoms with van der Waals surface area (Å²) in [6.45, 7) is 3.36. The van der Waals surface area contributed by atoms with E-state index in [1.54, 1.807) is 13.2 Å². The first-order valence-electron chi connectivity index (χ1n) is 6.79. The van der Waals surface area contributed by atoms with Gasteiger partial charge in [-0.05, 0) is 20.2 Å². The SMILES string of the molecule is COc1ccc([N+](=O)[O-])cc1CNCCOCCN(C)C. The number of benzene rings is 1. The molecule has 118 valence electrons. The van der Waals surface area contributed by atoms with E-state index in [2.05, 4.69) is 10.2 Å². The highest BCUT2D eigenvalue weighted by Crippen LogP contribution is 2.23. The summed E-state index contributed by atoms with van der Waals surface area (Å²) in [6.07, 6.45) is 0. The zero-order chi connectivity index (χ0) is 15.7. The minimum atomic E-state index is -0.409. The summed E-state index contributed by atoms with van der Waals surface area (Å²) in [5, 5.41) is 14.0. The minimum Gasteiger partial charge on any atom is -0.496 e. The van der Waals surface area contributed by atoms with Gasteiger partial charge in [0.15, 0.2) is 0 Å². The zero-order valence-electron chi connectivity index (χ0n) is 12.8. The van der Waals surface area contributed by atoms with Crippen LogP contribution in [-0.4, -0.2) is 57.3 Å². The fraction of sp³-hybridized carbons (Fsp3) is 0.571. The highest BCUT2D eigenvalue weighted by molar-refractivity contribution is 5.43. The Morgan fingerprint density at radius 2 is 2.10 bits per heavy atom. The van der Waals surface area contributed by atoms with Crippen molar-refractivity contribution in [1.82, 2.24) is 10.2 Å². The number of non-ortho nitro benzene ring substituents is 1. The van der Waals surface area contributed by atoms with Gasteiger partial charge in [0.1, 0.15) is 5.75 Å². The van der Waals surface area contributed by atoms with Crippen molar-refractivity contribution in [3.8, 4) is 5.75 Å². The lowest BCUT2D eigenvalue weighted by Gasteiger charge is -2.11. The van der Waals surface area contributed by atoms with Crippen LogP contribution < -0.4 is 10.1 Å². The van der Waals surface area contributed by atoms with Crippen LogP contribution in [0.2, 0.25) is 0 Å². The Morgan fingerprint density at radius 1 is 1.33 bits per heavy atom. The second kappa shape index (κ2) is 9.28. The highest BCUT2D eigenvalue weighted by atomic mass is 16.6. The average molecular weight is 297 g/mol. The number of nitro groups is 1. The van der Waals surface area contributed by atoms with Crippen LogP contribution in [-0.2, 0) is 11.3 Å². The Kier molecular flexibility index (Phi) is 7.66. The van der Waals surface area contributed by atoms with Gasteiger partial charge in [0.05, 0.1) is 25.2 Å². The topological polar surface area (TPSA) is 76.9 Å². The molecular formula is C14H23N3O4. The van der Waals surface area contributed by atoms with Gasteiger partial charge in [-0.3, -0.25) is 10.1 Å². The molecule has 1 N–H and O–H groups in total. The molecule has 0 fully saturated rings. The van der Waals surface area contributed by atoms with Crippen LogP contribution in [0.1, 0.15) is 5.56 Å². The average Bonchev–Trinajstić information content (AvgIpc) is 2.45. The fourth-order valence-electron chi connectivity index (χ4n) is 1.73. The number of likely N-dealkylation sites (N-methyl/N-ethyl adjacent to an activating group) is 1. The summed E-state index contributed by atoms with van der Waals surface area (Å²) < 4.78 is 10.7. The third-order valence-electron chi connectivity index (χ3n) is 2.90. The van der Waals surface area contributed by atoms with Gasteiger partial charge in [0, 0.05) is 37.3 Å². The number of nitrogens with one attached hydrogen (secondary N) is 1. The maximum Gasteiger partial charge on any atom is 0.270 e. The minimum absolute atomic E-state index is 0.0647. The van der Waals surface area contributed by atoms with Crippen molar-refractivity contribution in [1.29, 1.82) is 0 Å². The van der Waals surface area contributed by atoms with Crippen LogP contribution >= 0.6 is 0 Å². The Morgan fingerprint density at radius 3 is 2.71 bits per heavy atom. The molecule has 0 aromatic heterocycles. The number of methoxy groups -OCH3 is 1. The summed E-state index contributed by atoms with van der Waals surface area (Å²) in [5.41, 5.74) is 0.829. The van der Waals surface area contributed by atoms with Crippen LogP contribution in [0, 0.1) is 10.1 Å². The summed E-state index contributed by atoms with van der Waals surface area (Å²) in [7, 11) is 5.54. The van der Waals surface area contributed by atoms with Gasteiger partial charge < -0.3 is 19.7 Å². The van der Waals surface area contributed by atoms with E-state index in [0.717, 1.165) is 12.1 Å². The molecule has 7 nitrogen and oxygen atoms in total. The maximum absolute atomic E-state index is 10.8. The van der Waals surface area contributed by atoms with E-state index in [-0.39, 0.29) is 5.69 Å². The highest BCUT2D eigenvalue weighted by Gasteiger charge is 2.10. The van der Waals surface area contributed by atoms with E-state index in [0.29, 0.717) is 32.1 Å². The molecule has 0 saturated heterocycles. The number of rotatable bonds is 10. The number of nitro benzene ring substituents is 1. The molecule has 0 unspecified atom stereocenters. The van der Waals surface area contributed by atoms with E-state index >= 15 is 0 Å². The van der Waals surface area contributed by atoms with E-state index in [4.69, 9.17) is 9.47 Å². The molecule has 0 atom stereocenters. The van der Waals surface area contributed by atoms with Crippen molar-refractivity contribution >= 4 is 5.69 Å². The number of hydrogen-bond donors (Lipinski definition) is 1. The lowest BCUT2D eigenvalue weighted by molar-refractivity contribution is -0.384. The smallest absolute Gasteiger partial charge is 0.270 e. The summed E-state index contributed by atoms with van der Waals surface area (Å²) >= 11 is 0. The molecule has 0 aliphatic heterocycles. The molecule has 7 heteroatoms. The van der Waals surface area contributed by atoms with Crippen molar-refractivity contribution in [2.45, 2.75) is 6.54 Å². The lowest BCUT2D eigenvalue weighted by Crippen LogP contribution is -2.23. The van der Waals surface area contributed by atoms with Gasteiger partial charge in [0.2, 0.25) is 0 Å². The second-order valence-electron chi connectivity index (χ2n) is 4.85. The summed E-state index contributed by atoms with van der Waals surface area (Å²) in [4.78, 5) is 12.4. The second-order valence-corrected chi connectivity index (χ2v) is 4.85. The van der Waals surface area contributed by atoms with Crippen molar-refractivity contribution < 1.29 is 14.4 Å². The van der Waals surface area contributed by atoms with Crippen LogP contribution in [0.5, 0.6) is 5.75 Å². The first kappa shape index (κ1) is 17.4. The standard InChI is InChI=1S/C14H23N3O4/c1-16(2)7-9-21-8-6-15-11-12-10-13(17(18)19)4-5-14(12)20-3/h4-5,10,15H,6-9,11H2,1-3H3. The summed E-state index contributed by atoms with van der Waals surface area (Å²) in [6, 6.07) is 4.58. The molecule has 0 aliphatic carbocycles. The van der Waals surface area contributed by atoms with Crippen LogP contribution in [0.15, 0.2) is 18.2 Å². The Balaban J connectivity index is 2.36. The predicted molar refractivity (Wildman–Crippen MR) is 80.7 cm³/mol. The molecule has 0 spiro atoms. The van der Waals surface area contributed by atoms with E-state index in [9.17, 15) is 10.1 Å². The van der Waals surface area contributed by atoms with Gasteiger partial charge >= 0.3 is 0 Å². The van der Waals surface area contributed by atoms with Crippen molar-refractivity contribution in [3.05, 3.63) is 33.9 Å². The Hall–Kier alpha value is -1.70. The lowest BCUT2D eigenvalue weighted by atomic mass is 10.1. The monoisotopic (exact) mass is 297 g/mol. The van der Waals surface area contributed by atoms with Crippen molar-refractivity contribution in [2.75, 3.05) is 47.5 Å². The van der Waals surface area contributed by atoms with Gasteiger partial charge in [-0.2, -0.15) is 0 Å². The molecule has 0 aliphatic rings. The molecule has 1 aromatic rings. The largest absolute Gasteiger partial charge is 0.496 e. The van der Waals surface area contributed by atoms with Gasteiger partial charge in [-0.25, -0.2) is 0 Å².